The maximum atomic E-state index is 12.6. The number of thiophene rings is 1. The van der Waals surface area contributed by atoms with E-state index in [-0.39, 0.29) is 11.3 Å². The molecule has 0 aliphatic rings. The van der Waals surface area contributed by atoms with Crippen LogP contribution in [-0.2, 0) is 6.54 Å². The molecule has 8 nitrogen and oxygen atoms in total. The van der Waals surface area contributed by atoms with Crippen LogP contribution in [0.4, 0.5) is 11.4 Å². The molecule has 0 aliphatic heterocycles. The summed E-state index contributed by atoms with van der Waals surface area (Å²) in [6.45, 7) is 0.357. The van der Waals surface area contributed by atoms with Gasteiger partial charge in [-0.3, -0.25) is 4.79 Å². The number of rotatable bonds is 6. The summed E-state index contributed by atoms with van der Waals surface area (Å²) < 4.78 is 1.51. The molecule has 2 heterocycles. The van der Waals surface area contributed by atoms with Crippen molar-refractivity contribution in [3.63, 3.8) is 0 Å². The molecule has 9 heteroatoms. The molecule has 0 spiro atoms. The molecule has 0 fully saturated rings. The van der Waals surface area contributed by atoms with Gasteiger partial charge in [0.05, 0.1) is 29.7 Å². The Morgan fingerprint density at radius 2 is 1.93 bits per heavy atom. The number of nitrogen functional groups attached to an aromatic ring is 1. The number of carbonyl (C=O) groups is 2. The lowest BCUT2D eigenvalue weighted by atomic mass is 10.1. The quantitative estimate of drug-likeness (QED) is 0.411. The van der Waals surface area contributed by atoms with E-state index in [0.717, 1.165) is 16.0 Å². The Kier molecular flexibility index (Phi) is 5.27. The van der Waals surface area contributed by atoms with Gasteiger partial charge in [-0.15, -0.1) is 16.4 Å². The molecule has 2 aromatic heterocycles. The van der Waals surface area contributed by atoms with E-state index in [2.05, 4.69) is 15.6 Å². The minimum Gasteiger partial charge on any atom is -0.478 e. The molecule has 2 aromatic carbocycles. The largest absolute Gasteiger partial charge is 0.478 e. The fourth-order valence-corrected chi connectivity index (χ4v) is 3.59. The lowest BCUT2D eigenvalue weighted by Crippen LogP contribution is -2.13. The van der Waals surface area contributed by atoms with Crippen LogP contribution in [-0.4, -0.2) is 32.0 Å². The van der Waals surface area contributed by atoms with Gasteiger partial charge in [-0.25, -0.2) is 9.48 Å². The summed E-state index contributed by atoms with van der Waals surface area (Å²) in [6, 6.07) is 15.9. The number of anilines is 2. The number of hydrogen-bond donors (Lipinski definition) is 3. The van der Waals surface area contributed by atoms with Gasteiger partial charge in [-0.05, 0) is 46.8 Å². The fourth-order valence-electron chi connectivity index (χ4n) is 2.87. The number of nitrogens with one attached hydrogen (secondary N) is 1. The van der Waals surface area contributed by atoms with Crippen LogP contribution in [0.15, 0.2) is 66.2 Å². The number of nitrogens with zero attached hydrogens (tertiary/aromatic N) is 3. The molecule has 0 atom stereocenters. The van der Waals surface area contributed by atoms with Crippen molar-refractivity contribution < 1.29 is 14.7 Å². The lowest BCUT2D eigenvalue weighted by Gasteiger charge is -2.08. The first-order valence-electron chi connectivity index (χ1n) is 8.97. The van der Waals surface area contributed by atoms with E-state index < -0.39 is 11.9 Å². The Labute approximate surface area is 175 Å². The third-order valence-electron chi connectivity index (χ3n) is 4.42. The minimum atomic E-state index is -0.983. The normalized spacial score (nSPS) is 10.7. The third-order valence-corrected chi connectivity index (χ3v) is 5.34. The molecule has 0 radical (unpaired) electrons. The number of carboxylic acid groups (broad SMARTS) is 1. The molecular weight excluding hydrogens is 402 g/mol. The van der Waals surface area contributed by atoms with Crippen LogP contribution in [0.5, 0.6) is 0 Å². The van der Waals surface area contributed by atoms with Crippen LogP contribution < -0.4 is 11.1 Å². The molecule has 0 bridgehead atoms. The van der Waals surface area contributed by atoms with Gasteiger partial charge >= 0.3 is 5.97 Å². The lowest BCUT2D eigenvalue weighted by molar-refractivity contribution is 0.0696. The van der Waals surface area contributed by atoms with E-state index in [1.807, 2.05) is 29.6 Å². The molecule has 4 rings (SSSR count). The first-order chi connectivity index (χ1) is 14.5. The maximum Gasteiger partial charge on any atom is 0.335 e. The predicted molar refractivity (Wildman–Crippen MR) is 115 cm³/mol. The SMILES string of the molecule is Nc1ccc(-c2cccs2)cc1NC(=O)c1cn(Cc2ccc(C(=O)O)cc2)nn1. The summed E-state index contributed by atoms with van der Waals surface area (Å²) in [7, 11) is 0. The van der Waals surface area contributed by atoms with Crippen LogP contribution in [0.25, 0.3) is 10.4 Å². The number of amides is 1. The predicted octanol–water partition coefficient (Wildman–Crippen LogP) is 3.59. The molecular formula is C21H17N5O3S. The topological polar surface area (TPSA) is 123 Å². The van der Waals surface area contributed by atoms with Gasteiger partial charge in [0, 0.05) is 4.88 Å². The Balaban J connectivity index is 1.47. The smallest absolute Gasteiger partial charge is 0.335 e. The second-order valence-corrected chi connectivity index (χ2v) is 7.48. The van der Waals surface area contributed by atoms with Crippen molar-refractivity contribution in [1.82, 2.24) is 15.0 Å². The summed E-state index contributed by atoms with van der Waals surface area (Å²) in [4.78, 5) is 24.6. The summed E-state index contributed by atoms with van der Waals surface area (Å²) in [5, 5.41) is 21.6. The second kappa shape index (κ2) is 8.18. The first-order valence-corrected chi connectivity index (χ1v) is 9.85. The highest BCUT2D eigenvalue weighted by molar-refractivity contribution is 7.13. The maximum absolute atomic E-state index is 12.6. The molecule has 0 saturated carbocycles. The third kappa shape index (κ3) is 4.20. The molecule has 150 valence electrons. The Morgan fingerprint density at radius 1 is 1.13 bits per heavy atom. The van der Waals surface area contributed by atoms with Crippen molar-refractivity contribution in [2.75, 3.05) is 11.1 Å². The van der Waals surface area contributed by atoms with Crippen molar-refractivity contribution in [2.24, 2.45) is 0 Å². The first kappa shape index (κ1) is 19.3. The number of carboxylic acids is 1. The van der Waals surface area contributed by atoms with Gasteiger partial charge in [0.1, 0.15) is 0 Å². The zero-order valence-electron chi connectivity index (χ0n) is 15.6. The van der Waals surface area contributed by atoms with Crippen LogP contribution in [0.1, 0.15) is 26.4 Å². The van der Waals surface area contributed by atoms with Gasteiger partial charge in [-0.2, -0.15) is 0 Å². The summed E-state index contributed by atoms with van der Waals surface area (Å²) >= 11 is 1.60. The van der Waals surface area contributed by atoms with Gasteiger partial charge in [-0.1, -0.05) is 29.5 Å². The number of hydrogen-bond acceptors (Lipinski definition) is 6. The van der Waals surface area contributed by atoms with Crippen LogP contribution >= 0.6 is 11.3 Å². The monoisotopic (exact) mass is 419 g/mol. The van der Waals surface area contributed by atoms with Gasteiger partial charge in [0.15, 0.2) is 5.69 Å². The van der Waals surface area contributed by atoms with E-state index in [4.69, 9.17) is 10.8 Å². The van der Waals surface area contributed by atoms with Crippen molar-refractivity contribution in [1.29, 1.82) is 0 Å². The number of aromatic carboxylic acids is 1. The molecule has 30 heavy (non-hydrogen) atoms. The van der Waals surface area contributed by atoms with Crippen molar-refractivity contribution >= 4 is 34.6 Å². The molecule has 4 aromatic rings. The molecule has 0 saturated heterocycles. The average molecular weight is 419 g/mol. The van der Waals surface area contributed by atoms with Gasteiger partial charge in [0.25, 0.3) is 5.91 Å². The van der Waals surface area contributed by atoms with Crippen molar-refractivity contribution in [2.45, 2.75) is 6.54 Å². The zero-order chi connectivity index (χ0) is 21.1. The summed E-state index contributed by atoms with van der Waals surface area (Å²) in [6.07, 6.45) is 1.53. The van der Waals surface area contributed by atoms with E-state index in [1.54, 1.807) is 29.5 Å². The Morgan fingerprint density at radius 3 is 2.63 bits per heavy atom. The number of benzene rings is 2. The Hall–Kier alpha value is -3.98. The van der Waals surface area contributed by atoms with E-state index in [0.29, 0.717) is 17.9 Å². The van der Waals surface area contributed by atoms with E-state index in [9.17, 15) is 9.59 Å². The van der Waals surface area contributed by atoms with Crippen LogP contribution in [0.3, 0.4) is 0 Å². The second-order valence-electron chi connectivity index (χ2n) is 6.54. The van der Waals surface area contributed by atoms with E-state index in [1.165, 1.54) is 23.0 Å². The number of carbonyl (C=O) groups excluding carboxylic acids is 1. The van der Waals surface area contributed by atoms with Gasteiger partial charge < -0.3 is 16.2 Å². The summed E-state index contributed by atoms with van der Waals surface area (Å²) in [5.41, 5.74) is 9.13. The standard InChI is InChI=1S/C21H17N5O3S/c22-16-8-7-15(19-2-1-9-30-19)10-17(16)23-20(27)18-12-26(25-24-18)11-13-3-5-14(6-4-13)21(28)29/h1-10,12H,11,22H2,(H,23,27)(H,28,29). The van der Waals surface area contributed by atoms with Crippen LogP contribution in [0, 0.1) is 0 Å². The van der Waals surface area contributed by atoms with Crippen LogP contribution in [0.2, 0.25) is 0 Å². The number of nitrogens with two attached hydrogens (primary N) is 1. The highest BCUT2D eigenvalue weighted by Gasteiger charge is 2.14. The highest BCUT2D eigenvalue weighted by atomic mass is 32.1. The molecule has 4 N–H and O–H groups in total. The van der Waals surface area contributed by atoms with Crippen molar-refractivity contribution in [3.8, 4) is 10.4 Å². The Bertz CT molecular complexity index is 1200. The van der Waals surface area contributed by atoms with E-state index >= 15 is 0 Å². The highest BCUT2D eigenvalue weighted by Crippen LogP contribution is 2.30. The molecule has 0 unspecified atom stereocenters. The minimum absolute atomic E-state index is 0.151. The fraction of sp³-hybridized carbons (Fsp3) is 0.0476. The molecule has 0 aliphatic carbocycles. The van der Waals surface area contributed by atoms with Crippen molar-refractivity contribution in [3.05, 3.63) is 83.0 Å². The number of aromatic nitrogens is 3. The average Bonchev–Trinajstić information content (AvgIpc) is 3.42. The zero-order valence-corrected chi connectivity index (χ0v) is 16.5. The van der Waals surface area contributed by atoms with Gasteiger partial charge in [0.2, 0.25) is 0 Å². The summed E-state index contributed by atoms with van der Waals surface area (Å²) in [5.74, 6) is -1.40. The molecule has 1 amide bonds.